The Morgan fingerprint density at radius 1 is 0.444 bits per heavy atom. The molecule has 0 amide bonds. The number of rotatable bonds is 5. The summed E-state index contributed by atoms with van der Waals surface area (Å²) in [5, 5.41) is 1.80. The molecule has 0 radical (unpaired) electrons. The quantitative estimate of drug-likeness (QED) is 0.178. The van der Waals surface area contributed by atoms with E-state index in [9.17, 15) is 2.74 Å². The minimum absolute atomic E-state index is 0.0124. The molecule has 0 atom stereocenters. The Morgan fingerprint density at radius 3 is 2.02 bits per heavy atom. The maximum atomic E-state index is 9.38. The van der Waals surface area contributed by atoms with Gasteiger partial charge < -0.3 is 4.42 Å². The van der Waals surface area contributed by atoms with Crippen LogP contribution in [0, 0.1) is 0 Å². The van der Waals surface area contributed by atoms with Crippen molar-refractivity contribution in [3.63, 3.8) is 0 Å². The maximum absolute atomic E-state index is 9.38. The summed E-state index contributed by atoms with van der Waals surface area (Å²) in [5.41, 5.74) is 4.98. The molecule has 0 saturated carbocycles. The Balaban J connectivity index is 1.21. The number of thiophene rings is 1. The lowest BCUT2D eigenvalue weighted by molar-refractivity contribution is 0.672. The van der Waals surface area contributed by atoms with E-state index in [4.69, 9.17) is 29.0 Å². The molecule has 0 N–H and O–H groups in total. The zero-order valence-electron chi connectivity index (χ0n) is 37.2. The van der Waals surface area contributed by atoms with Gasteiger partial charge in [-0.2, -0.15) is 0 Å². The maximum Gasteiger partial charge on any atom is 0.164 e. The van der Waals surface area contributed by atoms with Crippen molar-refractivity contribution in [3.05, 3.63) is 176 Å². The van der Waals surface area contributed by atoms with E-state index >= 15 is 0 Å². The van der Waals surface area contributed by atoms with E-state index in [1.54, 1.807) is 11.3 Å². The van der Waals surface area contributed by atoms with Gasteiger partial charge in [-0.05, 0) is 57.9 Å². The average Bonchev–Trinajstić information content (AvgIpc) is 3.90. The van der Waals surface area contributed by atoms with Gasteiger partial charge in [0.05, 0.1) is 12.3 Å². The van der Waals surface area contributed by atoms with Crippen LogP contribution in [0.4, 0.5) is 0 Å². The first-order chi connectivity index (χ1) is 30.5. The second-order valence-electron chi connectivity index (χ2n) is 12.9. The van der Waals surface area contributed by atoms with E-state index in [0.29, 0.717) is 11.1 Å². The Morgan fingerprint density at radius 2 is 1.17 bits per heavy atom. The van der Waals surface area contributed by atoms with E-state index in [0.717, 1.165) is 42.4 Å². The van der Waals surface area contributed by atoms with E-state index in [1.807, 2.05) is 84.9 Å². The first-order valence-corrected chi connectivity index (χ1v) is 18.1. The zero-order chi connectivity index (χ0) is 43.4. The Hall–Kier alpha value is -6.95. The van der Waals surface area contributed by atoms with Crippen LogP contribution in [0.1, 0.15) is 12.3 Å². The van der Waals surface area contributed by atoms with E-state index in [1.165, 1.54) is 0 Å². The highest BCUT2D eigenvalue weighted by Crippen LogP contribution is 2.42. The van der Waals surface area contributed by atoms with Crippen LogP contribution < -0.4 is 0 Å². The molecule has 3 aromatic heterocycles. The normalized spacial score (nSPS) is 14.0. The number of fused-ring (bicyclic) bond motifs is 8. The Labute approximate surface area is 327 Å². The van der Waals surface area contributed by atoms with Gasteiger partial charge in [-0.15, -0.1) is 11.3 Å². The standard InChI is InChI=1S/C49H29N3OS/c1-3-12-30(13-4-1)33-17-9-18-34(28-33)47-50-48(35-25-26-38-43(29-35)54-42-23-11-20-36(45(38)42)31-14-5-2-6-15-31)52-49(51-47)40-21-10-22-41-44(40)39-27-24-32-16-7-8-19-37(32)46(39)53-41/h1-29H/i7D,8D,10D,16D,19D,21D,22D,24D,27D. The predicted molar refractivity (Wildman–Crippen MR) is 225 cm³/mol. The van der Waals surface area contributed by atoms with Crippen molar-refractivity contribution in [1.82, 2.24) is 15.0 Å². The Bertz CT molecular complexity index is 3740. The fraction of sp³-hybridized carbons (Fsp3) is 0. The van der Waals surface area contributed by atoms with Crippen LogP contribution in [0.25, 0.3) is 109 Å². The third kappa shape index (κ3) is 5.01. The molecular formula is C49H29N3OS. The Kier molecular flexibility index (Phi) is 5.22. The molecule has 4 nitrogen and oxygen atoms in total. The van der Waals surface area contributed by atoms with Crippen LogP contribution in [-0.2, 0) is 0 Å². The molecule has 0 aliphatic rings. The molecule has 0 aliphatic heterocycles. The molecule has 11 rings (SSSR count). The molecule has 11 aromatic rings. The summed E-state index contributed by atoms with van der Waals surface area (Å²) in [6.45, 7) is 0. The SMILES string of the molecule is [2H]c1c([2H])c(-c2nc(-c3cccc(-c4ccccc4)c3)nc(-c3ccc4c(c3)sc3cccc(-c5ccccc5)c34)n2)c2c(oc3c4c([2H])c([2H])c([2H])c([2H])c4c([2H])c([2H])c32)c1[2H]. The average molecular weight is 717 g/mol. The van der Waals surface area contributed by atoms with Gasteiger partial charge in [0.2, 0.25) is 0 Å². The molecule has 0 bridgehead atoms. The largest absolute Gasteiger partial charge is 0.455 e. The lowest BCUT2D eigenvalue weighted by Gasteiger charge is -2.10. The van der Waals surface area contributed by atoms with Crippen molar-refractivity contribution in [1.29, 1.82) is 0 Å². The molecule has 0 unspecified atom stereocenters. The molecule has 5 heteroatoms. The lowest BCUT2D eigenvalue weighted by atomic mass is 9.99. The molecule has 8 aromatic carbocycles. The summed E-state index contributed by atoms with van der Waals surface area (Å²) in [6, 6.07) is 35.7. The van der Waals surface area contributed by atoms with Crippen LogP contribution in [0.3, 0.4) is 0 Å². The van der Waals surface area contributed by atoms with Crippen molar-refractivity contribution in [2.75, 3.05) is 0 Å². The fourth-order valence-electron chi connectivity index (χ4n) is 7.17. The summed E-state index contributed by atoms with van der Waals surface area (Å²) in [6.07, 6.45) is 0. The summed E-state index contributed by atoms with van der Waals surface area (Å²) in [7, 11) is 0. The second-order valence-corrected chi connectivity index (χ2v) is 14.0. The topological polar surface area (TPSA) is 51.8 Å². The van der Waals surface area contributed by atoms with Crippen molar-refractivity contribution in [3.8, 4) is 56.4 Å². The van der Waals surface area contributed by atoms with Gasteiger partial charge >= 0.3 is 0 Å². The van der Waals surface area contributed by atoms with E-state index < -0.39 is 54.4 Å². The zero-order valence-corrected chi connectivity index (χ0v) is 29.0. The molecule has 0 fully saturated rings. The molecule has 0 aliphatic carbocycles. The fourth-order valence-corrected chi connectivity index (χ4v) is 8.34. The van der Waals surface area contributed by atoms with Crippen LogP contribution in [0.15, 0.2) is 180 Å². The molecular weight excluding hydrogens is 679 g/mol. The first kappa shape index (κ1) is 22.9. The minimum atomic E-state index is -0.563. The number of benzene rings is 8. The highest BCUT2D eigenvalue weighted by Gasteiger charge is 2.20. The molecule has 252 valence electrons. The van der Waals surface area contributed by atoms with Crippen molar-refractivity contribution >= 4 is 64.2 Å². The number of hydrogen-bond acceptors (Lipinski definition) is 5. The predicted octanol–water partition coefficient (Wildman–Crippen LogP) is 13.6. The third-order valence-corrected chi connectivity index (χ3v) is 10.8. The highest BCUT2D eigenvalue weighted by molar-refractivity contribution is 7.26. The molecule has 54 heavy (non-hydrogen) atoms. The van der Waals surface area contributed by atoms with Crippen molar-refractivity contribution in [2.24, 2.45) is 0 Å². The monoisotopic (exact) mass is 716 g/mol. The number of hydrogen-bond donors (Lipinski definition) is 0. The van der Waals surface area contributed by atoms with Gasteiger partial charge in [0.1, 0.15) is 11.2 Å². The van der Waals surface area contributed by atoms with Gasteiger partial charge in [0.15, 0.2) is 17.5 Å². The minimum Gasteiger partial charge on any atom is -0.455 e. The van der Waals surface area contributed by atoms with Gasteiger partial charge in [-0.1, -0.05) is 145 Å². The summed E-state index contributed by atoms with van der Waals surface area (Å²) in [4.78, 5) is 15.0. The summed E-state index contributed by atoms with van der Waals surface area (Å²) < 4.78 is 88.1. The van der Waals surface area contributed by atoms with Crippen LogP contribution >= 0.6 is 11.3 Å². The van der Waals surface area contributed by atoms with Crippen molar-refractivity contribution in [2.45, 2.75) is 0 Å². The highest BCUT2D eigenvalue weighted by atomic mass is 32.1. The van der Waals surface area contributed by atoms with E-state index in [2.05, 4.69) is 36.4 Å². The van der Waals surface area contributed by atoms with Gasteiger partial charge in [0.25, 0.3) is 0 Å². The molecule has 3 heterocycles. The number of aromatic nitrogens is 3. The second kappa shape index (κ2) is 12.3. The van der Waals surface area contributed by atoms with Gasteiger partial charge in [0, 0.05) is 53.0 Å². The van der Waals surface area contributed by atoms with Gasteiger partial charge in [-0.3, -0.25) is 0 Å². The third-order valence-electron chi connectivity index (χ3n) is 9.68. The smallest absolute Gasteiger partial charge is 0.164 e. The first-order valence-electron chi connectivity index (χ1n) is 21.8. The van der Waals surface area contributed by atoms with Crippen LogP contribution in [-0.4, -0.2) is 15.0 Å². The number of furan rings is 1. The van der Waals surface area contributed by atoms with Crippen LogP contribution in [0.5, 0.6) is 0 Å². The van der Waals surface area contributed by atoms with Crippen molar-refractivity contribution < 1.29 is 16.8 Å². The summed E-state index contributed by atoms with van der Waals surface area (Å²) in [5.74, 6) is 0.468. The summed E-state index contributed by atoms with van der Waals surface area (Å²) >= 11 is 1.65. The molecule has 0 spiro atoms. The lowest BCUT2D eigenvalue weighted by Crippen LogP contribution is -2.00. The van der Waals surface area contributed by atoms with Crippen LogP contribution in [0.2, 0.25) is 0 Å². The number of nitrogens with zero attached hydrogens (tertiary/aromatic N) is 3. The van der Waals surface area contributed by atoms with Gasteiger partial charge in [-0.25, -0.2) is 15.0 Å². The molecule has 0 saturated heterocycles. The van der Waals surface area contributed by atoms with E-state index in [-0.39, 0.29) is 55.7 Å².